The molecule has 0 aliphatic carbocycles. The van der Waals surface area contributed by atoms with Crippen LogP contribution in [-0.4, -0.2) is 11.8 Å². The fourth-order valence-electron chi connectivity index (χ4n) is 2.18. The van der Waals surface area contributed by atoms with Crippen LogP contribution in [0.3, 0.4) is 0 Å². The van der Waals surface area contributed by atoms with E-state index in [1.54, 1.807) is 36.4 Å². The van der Waals surface area contributed by atoms with E-state index < -0.39 is 11.8 Å². The number of halogens is 3. The van der Waals surface area contributed by atoms with Crippen molar-refractivity contribution in [1.29, 1.82) is 0 Å². The maximum Gasteiger partial charge on any atom is 0.266 e. The second-order valence-electron chi connectivity index (χ2n) is 4.64. The first-order chi connectivity index (χ1) is 10.5. The largest absolute Gasteiger partial charge is 0.269 e. The number of rotatable bonds is 2. The van der Waals surface area contributed by atoms with Gasteiger partial charge in [-0.1, -0.05) is 46.9 Å². The normalized spacial score (nSPS) is 14.5. The van der Waals surface area contributed by atoms with Crippen LogP contribution in [0, 0.1) is 0 Å². The van der Waals surface area contributed by atoms with Crippen LogP contribution in [0.4, 0.5) is 5.69 Å². The molecule has 0 saturated carbocycles. The Balaban J connectivity index is 1.97. The Morgan fingerprint density at radius 3 is 2.14 bits per heavy atom. The van der Waals surface area contributed by atoms with Crippen molar-refractivity contribution < 1.29 is 9.59 Å². The van der Waals surface area contributed by atoms with Crippen LogP contribution in [0.5, 0.6) is 0 Å². The zero-order valence-electron chi connectivity index (χ0n) is 11.0. The summed E-state index contributed by atoms with van der Waals surface area (Å²) in [7, 11) is 0. The number of nitrogens with zero attached hydrogens (tertiary/aromatic N) is 1. The molecular weight excluding hydrogens is 345 g/mol. The number of carbonyl (C=O) groups is 2. The number of amides is 2. The van der Waals surface area contributed by atoms with E-state index in [2.05, 4.69) is 0 Å². The zero-order valence-corrected chi connectivity index (χ0v) is 13.3. The predicted molar refractivity (Wildman–Crippen MR) is 88.4 cm³/mol. The first-order valence-corrected chi connectivity index (χ1v) is 7.42. The summed E-state index contributed by atoms with van der Waals surface area (Å²) in [6.07, 6.45) is 1.30. The van der Waals surface area contributed by atoms with Crippen LogP contribution >= 0.6 is 34.8 Å². The standard InChI is InChI=1S/C16H8Cl3NO2/c17-10-3-1-9(2-4-10)12-8-15(21)20(16(12)22)11-5-6-13(18)14(19)7-11/h1-8H. The molecule has 22 heavy (non-hydrogen) atoms. The van der Waals surface area contributed by atoms with Gasteiger partial charge in [0.2, 0.25) is 0 Å². The van der Waals surface area contributed by atoms with Crippen LogP contribution in [0.25, 0.3) is 5.57 Å². The molecule has 0 spiro atoms. The third-order valence-electron chi connectivity index (χ3n) is 3.24. The summed E-state index contributed by atoms with van der Waals surface area (Å²) in [5, 5.41) is 1.19. The lowest BCUT2D eigenvalue weighted by molar-refractivity contribution is -0.119. The molecule has 0 unspecified atom stereocenters. The van der Waals surface area contributed by atoms with Gasteiger partial charge in [-0.15, -0.1) is 0 Å². The van der Waals surface area contributed by atoms with Crippen molar-refractivity contribution in [2.45, 2.75) is 0 Å². The molecule has 1 aliphatic heterocycles. The highest BCUT2D eigenvalue weighted by molar-refractivity contribution is 6.45. The van der Waals surface area contributed by atoms with Gasteiger partial charge in [0, 0.05) is 11.1 Å². The molecule has 3 nitrogen and oxygen atoms in total. The Hall–Kier alpha value is -1.81. The molecule has 110 valence electrons. The number of hydrogen-bond donors (Lipinski definition) is 0. The van der Waals surface area contributed by atoms with Crippen molar-refractivity contribution >= 4 is 57.9 Å². The average Bonchev–Trinajstić information content (AvgIpc) is 2.78. The van der Waals surface area contributed by atoms with Gasteiger partial charge in [-0.05, 0) is 35.9 Å². The zero-order chi connectivity index (χ0) is 15.9. The van der Waals surface area contributed by atoms with Crippen LogP contribution in [0.1, 0.15) is 5.56 Å². The smallest absolute Gasteiger partial charge is 0.266 e. The molecule has 2 aromatic rings. The topological polar surface area (TPSA) is 37.4 Å². The fraction of sp³-hybridized carbons (Fsp3) is 0. The molecule has 2 aromatic carbocycles. The van der Waals surface area contributed by atoms with E-state index in [-0.39, 0.29) is 5.02 Å². The van der Waals surface area contributed by atoms with Crippen LogP contribution in [0.2, 0.25) is 15.1 Å². The number of benzene rings is 2. The first-order valence-electron chi connectivity index (χ1n) is 6.28. The third-order valence-corrected chi connectivity index (χ3v) is 4.23. The van der Waals surface area contributed by atoms with Gasteiger partial charge in [-0.2, -0.15) is 0 Å². The number of carbonyl (C=O) groups excluding carboxylic acids is 2. The van der Waals surface area contributed by atoms with Crippen LogP contribution in [0.15, 0.2) is 48.5 Å². The van der Waals surface area contributed by atoms with Crippen molar-refractivity contribution in [3.63, 3.8) is 0 Å². The molecule has 2 amide bonds. The van der Waals surface area contributed by atoms with E-state index >= 15 is 0 Å². The first kappa shape index (κ1) is 15.1. The molecule has 0 fully saturated rings. The predicted octanol–water partition coefficient (Wildman–Crippen LogP) is 4.60. The minimum atomic E-state index is -0.423. The summed E-state index contributed by atoms with van der Waals surface area (Å²) >= 11 is 17.6. The average molecular weight is 353 g/mol. The third kappa shape index (κ3) is 2.63. The van der Waals surface area contributed by atoms with Gasteiger partial charge < -0.3 is 0 Å². The van der Waals surface area contributed by atoms with Gasteiger partial charge in [0.1, 0.15) is 0 Å². The molecule has 0 radical (unpaired) electrons. The molecule has 3 rings (SSSR count). The fourth-order valence-corrected chi connectivity index (χ4v) is 2.59. The van der Waals surface area contributed by atoms with Gasteiger partial charge in [-0.25, -0.2) is 4.90 Å². The van der Waals surface area contributed by atoms with Gasteiger partial charge in [0.25, 0.3) is 11.8 Å². The molecule has 0 bridgehead atoms. The molecular formula is C16H8Cl3NO2. The lowest BCUT2D eigenvalue weighted by Gasteiger charge is -2.15. The highest BCUT2D eigenvalue weighted by atomic mass is 35.5. The maximum absolute atomic E-state index is 12.5. The Labute approximate surface area is 141 Å². The summed E-state index contributed by atoms with van der Waals surface area (Å²) in [4.78, 5) is 25.7. The summed E-state index contributed by atoms with van der Waals surface area (Å²) in [6, 6.07) is 11.3. The van der Waals surface area contributed by atoms with Crippen molar-refractivity contribution in [2.75, 3.05) is 4.90 Å². The maximum atomic E-state index is 12.5. The van der Waals surface area contributed by atoms with E-state index in [9.17, 15) is 9.59 Å². The lowest BCUT2D eigenvalue weighted by Crippen LogP contribution is -2.30. The molecule has 6 heteroatoms. The number of anilines is 1. The van der Waals surface area contributed by atoms with Crippen molar-refractivity contribution in [3.05, 3.63) is 69.2 Å². The lowest BCUT2D eigenvalue weighted by atomic mass is 10.1. The second kappa shape index (κ2) is 5.76. The van der Waals surface area contributed by atoms with Gasteiger partial charge in [0.05, 0.1) is 21.3 Å². The van der Waals surface area contributed by atoms with Crippen LogP contribution < -0.4 is 4.90 Å². The molecule has 1 heterocycles. The SMILES string of the molecule is O=C1C=C(c2ccc(Cl)cc2)C(=O)N1c1ccc(Cl)c(Cl)c1. The van der Waals surface area contributed by atoms with Crippen molar-refractivity contribution in [3.8, 4) is 0 Å². The molecule has 0 aromatic heterocycles. The Bertz CT molecular complexity index is 813. The van der Waals surface area contributed by atoms with Crippen molar-refractivity contribution in [2.24, 2.45) is 0 Å². The van der Waals surface area contributed by atoms with E-state index in [1.165, 1.54) is 12.1 Å². The van der Waals surface area contributed by atoms with Gasteiger partial charge in [-0.3, -0.25) is 9.59 Å². The van der Waals surface area contributed by atoms with E-state index in [0.29, 0.717) is 26.9 Å². The molecule has 0 saturated heterocycles. The van der Waals surface area contributed by atoms with E-state index in [0.717, 1.165) is 4.90 Å². The molecule has 1 aliphatic rings. The van der Waals surface area contributed by atoms with Gasteiger partial charge in [0.15, 0.2) is 0 Å². The summed E-state index contributed by atoms with van der Waals surface area (Å²) in [6.45, 7) is 0. The van der Waals surface area contributed by atoms with Gasteiger partial charge >= 0.3 is 0 Å². The minimum Gasteiger partial charge on any atom is -0.269 e. The summed E-state index contributed by atoms with van der Waals surface area (Å²) < 4.78 is 0. The quantitative estimate of drug-likeness (QED) is 0.741. The monoisotopic (exact) mass is 351 g/mol. The second-order valence-corrected chi connectivity index (χ2v) is 5.89. The molecule has 0 N–H and O–H groups in total. The van der Waals surface area contributed by atoms with Crippen LogP contribution in [-0.2, 0) is 9.59 Å². The summed E-state index contributed by atoms with van der Waals surface area (Å²) in [5.41, 5.74) is 1.32. The van der Waals surface area contributed by atoms with Crippen molar-refractivity contribution in [1.82, 2.24) is 0 Å². The summed E-state index contributed by atoms with van der Waals surface area (Å²) in [5.74, 6) is -0.834. The number of hydrogen-bond acceptors (Lipinski definition) is 2. The van der Waals surface area contributed by atoms with E-state index in [4.69, 9.17) is 34.8 Å². The number of imide groups is 1. The highest BCUT2D eigenvalue weighted by Gasteiger charge is 2.33. The molecule has 0 atom stereocenters. The Kier molecular flexibility index (Phi) is 3.96. The minimum absolute atomic E-state index is 0.278. The Morgan fingerprint density at radius 2 is 1.50 bits per heavy atom. The van der Waals surface area contributed by atoms with E-state index in [1.807, 2.05) is 0 Å². The highest BCUT2D eigenvalue weighted by Crippen LogP contribution is 2.32. The Morgan fingerprint density at radius 1 is 0.818 bits per heavy atom.